The van der Waals surface area contributed by atoms with Gasteiger partial charge in [-0.1, -0.05) is 64.3 Å². The molecular formula is C25H37N3. The van der Waals surface area contributed by atoms with E-state index in [-0.39, 0.29) is 0 Å². The highest BCUT2D eigenvalue weighted by Gasteiger charge is 2.11. The molecule has 0 aliphatic heterocycles. The quantitative estimate of drug-likeness (QED) is 0.352. The fourth-order valence-electron chi connectivity index (χ4n) is 3.23. The molecule has 0 atom stereocenters. The zero-order valence-electron chi connectivity index (χ0n) is 18.0. The molecule has 2 N–H and O–H groups in total. The smallest absolute Gasteiger partial charge is 0.201 e. The lowest BCUT2D eigenvalue weighted by molar-refractivity contribution is 0.788. The van der Waals surface area contributed by atoms with Crippen LogP contribution in [0.1, 0.15) is 70.4 Å². The van der Waals surface area contributed by atoms with Crippen LogP contribution in [0.5, 0.6) is 0 Å². The molecule has 0 aromatic heterocycles. The van der Waals surface area contributed by atoms with Gasteiger partial charge in [0.15, 0.2) is 0 Å². The molecule has 0 bridgehead atoms. The Morgan fingerprint density at radius 2 is 1.25 bits per heavy atom. The van der Waals surface area contributed by atoms with Crippen LogP contribution in [0.15, 0.2) is 53.5 Å². The van der Waals surface area contributed by atoms with E-state index in [0.29, 0.717) is 5.96 Å². The molecule has 0 aliphatic rings. The van der Waals surface area contributed by atoms with Gasteiger partial charge in [-0.2, -0.15) is 0 Å². The van der Waals surface area contributed by atoms with Gasteiger partial charge in [-0.15, -0.1) is 0 Å². The molecule has 0 fully saturated rings. The number of hydrogen-bond donors (Lipinski definition) is 1. The van der Waals surface area contributed by atoms with Crippen molar-refractivity contribution in [3.63, 3.8) is 0 Å². The SMILES string of the molecule is CCCCc1ccc(N=C(N)N(CCCC)c2ccc(CCCC)cc2)cc1. The van der Waals surface area contributed by atoms with Crippen molar-refractivity contribution in [1.29, 1.82) is 0 Å². The molecule has 2 rings (SSSR count). The molecule has 0 saturated heterocycles. The average Bonchev–Trinajstić information content (AvgIpc) is 2.73. The van der Waals surface area contributed by atoms with E-state index in [1.807, 2.05) is 0 Å². The van der Waals surface area contributed by atoms with Gasteiger partial charge in [-0.05, 0) is 67.5 Å². The van der Waals surface area contributed by atoms with Crippen molar-refractivity contribution in [2.24, 2.45) is 10.7 Å². The number of nitrogens with two attached hydrogens (primary N) is 1. The summed E-state index contributed by atoms with van der Waals surface area (Å²) in [6.45, 7) is 7.54. The van der Waals surface area contributed by atoms with Crippen LogP contribution in [0.25, 0.3) is 0 Å². The van der Waals surface area contributed by atoms with Gasteiger partial charge in [0.05, 0.1) is 5.69 Å². The number of anilines is 1. The Hall–Kier alpha value is -2.29. The number of hydrogen-bond acceptors (Lipinski definition) is 1. The molecule has 152 valence electrons. The maximum absolute atomic E-state index is 6.44. The molecule has 0 spiro atoms. The van der Waals surface area contributed by atoms with E-state index in [9.17, 15) is 0 Å². The maximum atomic E-state index is 6.44. The van der Waals surface area contributed by atoms with Gasteiger partial charge in [-0.25, -0.2) is 4.99 Å². The second kappa shape index (κ2) is 12.2. The minimum atomic E-state index is 0.566. The Morgan fingerprint density at radius 1 is 0.750 bits per heavy atom. The van der Waals surface area contributed by atoms with Gasteiger partial charge in [0.1, 0.15) is 0 Å². The Kier molecular flexibility index (Phi) is 9.61. The highest BCUT2D eigenvalue weighted by molar-refractivity contribution is 5.96. The second-order valence-electron chi connectivity index (χ2n) is 7.52. The molecule has 0 aliphatic carbocycles. The predicted octanol–water partition coefficient (Wildman–Crippen LogP) is 6.62. The molecule has 0 heterocycles. The summed E-state index contributed by atoms with van der Waals surface area (Å²) in [5.74, 6) is 0.566. The summed E-state index contributed by atoms with van der Waals surface area (Å²) in [6, 6.07) is 17.3. The van der Waals surface area contributed by atoms with Crippen molar-refractivity contribution < 1.29 is 0 Å². The largest absolute Gasteiger partial charge is 0.369 e. The van der Waals surface area contributed by atoms with E-state index >= 15 is 0 Å². The summed E-state index contributed by atoms with van der Waals surface area (Å²) in [5, 5.41) is 0. The number of guanidine groups is 1. The van der Waals surface area contributed by atoms with Crippen molar-refractivity contribution >= 4 is 17.3 Å². The lowest BCUT2D eigenvalue weighted by Gasteiger charge is -2.24. The number of benzene rings is 2. The minimum absolute atomic E-state index is 0.566. The summed E-state index contributed by atoms with van der Waals surface area (Å²) in [4.78, 5) is 6.84. The van der Waals surface area contributed by atoms with Crippen LogP contribution in [0, 0.1) is 0 Å². The molecule has 0 saturated carbocycles. The number of rotatable bonds is 11. The molecule has 28 heavy (non-hydrogen) atoms. The van der Waals surface area contributed by atoms with Crippen molar-refractivity contribution in [2.45, 2.75) is 72.1 Å². The van der Waals surface area contributed by atoms with E-state index < -0.39 is 0 Å². The number of aryl methyl sites for hydroxylation is 2. The summed E-state index contributed by atoms with van der Waals surface area (Å²) < 4.78 is 0. The first-order valence-electron chi connectivity index (χ1n) is 11.0. The average molecular weight is 380 g/mol. The maximum Gasteiger partial charge on any atom is 0.201 e. The van der Waals surface area contributed by atoms with Gasteiger partial charge in [0, 0.05) is 12.2 Å². The monoisotopic (exact) mass is 379 g/mol. The van der Waals surface area contributed by atoms with Crippen LogP contribution in [0.4, 0.5) is 11.4 Å². The normalized spacial score (nSPS) is 11.6. The van der Waals surface area contributed by atoms with Gasteiger partial charge < -0.3 is 10.6 Å². The fraction of sp³-hybridized carbons (Fsp3) is 0.480. The highest BCUT2D eigenvalue weighted by Crippen LogP contribution is 2.20. The fourth-order valence-corrected chi connectivity index (χ4v) is 3.23. The van der Waals surface area contributed by atoms with E-state index in [2.05, 4.69) is 74.2 Å². The molecule has 3 heteroatoms. The van der Waals surface area contributed by atoms with Gasteiger partial charge in [0.2, 0.25) is 5.96 Å². The van der Waals surface area contributed by atoms with Gasteiger partial charge in [0.25, 0.3) is 0 Å². The third-order valence-corrected chi connectivity index (χ3v) is 5.08. The van der Waals surface area contributed by atoms with Gasteiger partial charge >= 0.3 is 0 Å². The summed E-state index contributed by atoms with van der Waals surface area (Å²) >= 11 is 0. The molecule has 0 unspecified atom stereocenters. The Balaban J connectivity index is 2.15. The van der Waals surface area contributed by atoms with Crippen LogP contribution in [-0.2, 0) is 12.8 Å². The number of nitrogens with zero attached hydrogens (tertiary/aromatic N) is 2. The van der Waals surface area contributed by atoms with Crippen LogP contribution in [0.2, 0.25) is 0 Å². The Morgan fingerprint density at radius 3 is 1.75 bits per heavy atom. The summed E-state index contributed by atoms with van der Waals surface area (Å²) in [6.07, 6.45) is 9.38. The molecule has 3 nitrogen and oxygen atoms in total. The third kappa shape index (κ3) is 7.03. The van der Waals surface area contributed by atoms with Crippen LogP contribution < -0.4 is 10.6 Å². The lowest BCUT2D eigenvalue weighted by Crippen LogP contribution is -2.38. The van der Waals surface area contributed by atoms with Gasteiger partial charge in [-0.3, -0.25) is 0 Å². The molecule has 0 amide bonds. The van der Waals surface area contributed by atoms with E-state index in [0.717, 1.165) is 43.6 Å². The first-order chi connectivity index (χ1) is 13.7. The summed E-state index contributed by atoms with van der Waals surface area (Å²) in [7, 11) is 0. The van der Waals surface area contributed by atoms with Crippen LogP contribution >= 0.6 is 0 Å². The van der Waals surface area contributed by atoms with Crippen molar-refractivity contribution in [2.75, 3.05) is 11.4 Å². The number of aliphatic imine (C=N–C) groups is 1. The van der Waals surface area contributed by atoms with E-state index in [1.54, 1.807) is 0 Å². The van der Waals surface area contributed by atoms with Crippen LogP contribution in [0.3, 0.4) is 0 Å². The number of unbranched alkanes of at least 4 members (excludes halogenated alkanes) is 3. The zero-order valence-corrected chi connectivity index (χ0v) is 18.0. The Bertz CT molecular complexity index is 702. The van der Waals surface area contributed by atoms with Crippen molar-refractivity contribution in [3.05, 3.63) is 59.7 Å². The highest BCUT2D eigenvalue weighted by atomic mass is 15.3. The van der Waals surface area contributed by atoms with Crippen LogP contribution in [-0.4, -0.2) is 12.5 Å². The zero-order chi connectivity index (χ0) is 20.2. The lowest BCUT2D eigenvalue weighted by atomic mass is 10.1. The standard InChI is InChI=1S/C25H37N3/c1-4-7-10-21-12-16-23(17-13-21)27-25(26)28(20-9-6-3)24-18-14-22(15-19-24)11-8-5-2/h12-19H,4-11,20H2,1-3H3,(H2,26,27). The predicted molar refractivity (Wildman–Crippen MR) is 124 cm³/mol. The molecule has 2 aromatic carbocycles. The molecule has 2 aromatic rings. The summed E-state index contributed by atoms with van der Waals surface area (Å²) in [5.41, 5.74) is 11.2. The second-order valence-corrected chi connectivity index (χ2v) is 7.52. The third-order valence-electron chi connectivity index (χ3n) is 5.08. The van der Waals surface area contributed by atoms with Crippen molar-refractivity contribution in [1.82, 2.24) is 0 Å². The first-order valence-corrected chi connectivity index (χ1v) is 11.0. The minimum Gasteiger partial charge on any atom is -0.369 e. The molecular weight excluding hydrogens is 342 g/mol. The van der Waals surface area contributed by atoms with E-state index in [1.165, 1.54) is 36.8 Å². The first kappa shape index (κ1) is 22.0. The Labute approximate surface area is 171 Å². The topological polar surface area (TPSA) is 41.6 Å². The van der Waals surface area contributed by atoms with E-state index in [4.69, 9.17) is 10.7 Å². The molecule has 0 radical (unpaired) electrons. The van der Waals surface area contributed by atoms with Crippen molar-refractivity contribution in [3.8, 4) is 0 Å².